The lowest BCUT2D eigenvalue weighted by Gasteiger charge is -2.08. The lowest BCUT2D eigenvalue weighted by Crippen LogP contribution is -2.87. The van der Waals surface area contributed by atoms with Gasteiger partial charge in [-0.15, -0.1) is 0 Å². The zero-order valence-electron chi connectivity index (χ0n) is 8.70. The van der Waals surface area contributed by atoms with E-state index in [2.05, 4.69) is 13.8 Å². The highest BCUT2D eigenvalue weighted by molar-refractivity contribution is 7.57. The molecule has 0 aromatic rings. The molecule has 0 amide bonds. The summed E-state index contributed by atoms with van der Waals surface area (Å²) in [5.41, 5.74) is 0. The zero-order chi connectivity index (χ0) is 10.2. The molecule has 0 aliphatic heterocycles. The topological polar surface area (TPSA) is 70.5 Å². The van der Waals surface area contributed by atoms with Gasteiger partial charge in [0.1, 0.15) is 0 Å². The molecule has 0 radical (unpaired) electrons. The van der Waals surface area contributed by atoms with Crippen LogP contribution in [-0.4, -0.2) is 30.6 Å². The van der Waals surface area contributed by atoms with Crippen LogP contribution in [0.25, 0.3) is 0 Å². The molecule has 0 bridgehead atoms. The SMILES string of the molecule is CCC[NH2+]CP(=O)(O)C[NH2+]CCC. The average molecular weight is 210 g/mol. The monoisotopic (exact) mass is 210 g/mol. The van der Waals surface area contributed by atoms with Gasteiger partial charge in [-0.1, -0.05) is 13.8 Å². The van der Waals surface area contributed by atoms with Gasteiger partial charge in [0.2, 0.25) is 0 Å². The molecule has 80 valence electrons. The molecule has 0 aromatic heterocycles. The molecule has 0 heterocycles. The van der Waals surface area contributed by atoms with Gasteiger partial charge in [0.15, 0.2) is 12.6 Å². The van der Waals surface area contributed by atoms with Crippen LogP contribution >= 0.6 is 7.37 Å². The summed E-state index contributed by atoms with van der Waals surface area (Å²) in [7, 11) is -2.86. The van der Waals surface area contributed by atoms with Crippen LogP contribution in [0.2, 0.25) is 0 Å². The summed E-state index contributed by atoms with van der Waals surface area (Å²) in [5, 5.41) is 3.86. The Balaban J connectivity index is 3.49. The standard InChI is InChI=1S/C8H21N2O2P/c1-3-5-9-7-13(11,12)8-10-6-4-2/h9-10H,3-8H2,1-2H3,(H,11,12)/p+2. The smallest absolute Gasteiger partial charge is 0.305 e. The molecular formula is C8H23N2O2P+2. The van der Waals surface area contributed by atoms with Crippen molar-refractivity contribution in [2.24, 2.45) is 0 Å². The Kier molecular flexibility index (Phi) is 7.57. The second kappa shape index (κ2) is 7.51. The predicted octanol–water partition coefficient (Wildman–Crippen LogP) is -0.881. The van der Waals surface area contributed by atoms with Gasteiger partial charge in [-0.05, 0) is 12.8 Å². The maximum atomic E-state index is 11.5. The Morgan fingerprint density at radius 1 is 1.08 bits per heavy atom. The molecule has 0 aromatic carbocycles. The van der Waals surface area contributed by atoms with Gasteiger partial charge in [-0.2, -0.15) is 0 Å². The molecule has 0 atom stereocenters. The van der Waals surface area contributed by atoms with Crippen molar-refractivity contribution in [3.05, 3.63) is 0 Å². The van der Waals surface area contributed by atoms with E-state index < -0.39 is 7.37 Å². The van der Waals surface area contributed by atoms with Crippen molar-refractivity contribution in [2.75, 3.05) is 25.7 Å². The van der Waals surface area contributed by atoms with E-state index in [-0.39, 0.29) is 0 Å². The Morgan fingerprint density at radius 3 is 1.77 bits per heavy atom. The summed E-state index contributed by atoms with van der Waals surface area (Å²) in [5.74, 6) is 0. The van der Waals surface area contributed by atoms with Crippen molar-refractivity contribution in [3.63, 3.8) is 0 Å². The second-order valence-electron chi connectivity index (χ2n) is 3.37. The van der Waals surface area contributed by atoms with Crippen LogP contribution in [0.3, 0.4) is 0 Å². The molecule has 0 saturated carbocycles. The van der Waals surface area contributed by atoms with Gasteiger partial charge >= 0.3 is 7.37 Å². The van der Waals surface area contributed by atoms with Crippen LogP contribution in [-0.2, 0) is 4.57 Å². The first-order valence-corrected chi connectivity index (χ1v) is 7.09. The molecule has 4 nitrogen and oxygen atoms in total. The number of rotatable bonds is 8. The van der Waals surface area contributed by atoms with Crippen LogP contribution in [0.1, 0.15) is 26.7 Å². The summed E-state index contributed by atoms with van der Waals surface area (Å²) in [4.78, 5) is 9.46. The van der Waals surface area contributed by atoms with Gasteiger partial charge in [0.05, 0.1) is 13.1 Å². The van der Waals surface area contributed by atoms with E-state index in [1.54, 1.807) is 0 Å². The summed E-state index contributed by atoms with van der Waals surface area (Å²) in [6.45, 7) is 6.03. The van der Waals surface area contributed by atoms with Gasteiger partial charge in [-0.25, -0.2) is 0 Å². The van der Waals surface area contributed by atoms with E-state index in [1.807, 2.05) is 10.6 Å². The van der Waals surface area contributed by atoms with Crippen LogP contribution in [0.5, 0.6) is 0 Å². The molecule has 0 fully saturated rings. The predicted molar refractivity (Wildman–Crippen MR) is 53.7 cm³/mol. The number of quaternary nitrogens is 2. The molecule has 13 heavy (non-hydrogen) atoms. The fourth-order valence-electron chi connectivity index (χ4n) is 1.07. The molecule has 0 rings (SSSR count). The van der Waals surface area contributed by atoms with Gasteiger partial charge in [0, 0.05) is 0 Å². The van der Waals surface area contributed by atoms with Gasteiger partial charge < -0.3 is 15.5 Å². The Bertz CT molecular complexity index is 150. The van der Waals surface area contributed by atoms with E-state index in [4.69, 9.17) is 0 Å². The Hall–Kier alpha value is 0.110. The second-order valence-corrected chi connectivity index (χ2v) is 5.79. The third-order valence-electron chi connectivity index (χ3n) is 1.81. The van der Waals surface area contributed by atoms with Crippen LogP contribution < -0.4 is 10.6 Å². The quantitative estimate of drug-likeness (QED) is 0.359. The van der Waals surface area contributed by atoms with Crippen molar-refractivity contribution in [1.82, 2.24) is 0 Å². The minimum Gasteiger partial charge on any atom is -0.338 e. The highest BCUT2D eigenvalue weighted by Crippen LogP contribution is 2.33. The summed E-state index contributed by atoms with van der Waals surface area (Å²) >= 11 is 0. The van der Waals surface area contributed by atoms with Crippen molar-refractivity contribution >= 4 is 7.37 Å². The molecular weight excluding hydrogens is 187 g/mol. The van der Waals surface area contributed by atoms with E-state index in [1.165, 1.54) is 0 Å². The normalized spacial score (nSPS) is 11.9. The Labute approximate surface area is 80.6 Å². The third-order valence-corrected chi connectivity index (χ3v) is 3.47. The van der Waals surface area contributed by atoms with Crippen LogP contribution in [0, 0.1) is 0 Å². The third kappa shape index (κ3) is 8.44. The minimum atomic E-state index is -2.86. The van der Waals surface area contributed by atoms with E-state index in [0.717, 1.165) is 25.9 Å². The summed E-state index contributed by atoms with van der Waals surface area (Å²) in [6.07, 6.45) is 2.86. The zero-order valence-corrected chi connectivity index (χ0v) is 9.59. The maximum absolute atomic E-state index is 11.5. The van der Waals surface area contributed by atoms with Crippen LogP contribution in [0.4, 0.5) is 0 Å². The van der Waals surface area contributed by atoms with Crippen molar-refractivity contribution in [3.8, 4) is 0 Å². The molecule has 0 aliphatic rings. The van der Waals surface area contributed by atoms with Crippen molar-refractivity contribution < 1.29 is 20.1 Å². The van der Waals surface area contributed by atoms with Gasteiger partial charge in [0.25, 0.3) is 0 Å². The van der Waals surface area contributed by atoms with Gasteiger partial charge in [-0.3, -0.25) is 4.57 Å². The van der Waals surface area contributed by atoms with E-state index >= 15 is 0 Å². The molecule has 5 heteroatoms. The molecule has 0 spiro atoms. The highest BCUT2D eigenvalue weighted by atomic mass is 31.2. The lowest BCUT2D eigenvalue weighted by atomic mass is 10.5. The van der Waals surface area contributed by atoms with E-state index in [9.17, 15) is 9.46 Å². The average Bonchev–Trinajstić information content (AvgIpc) is 2.05. The fraction of sp³-hybridized carbons (Fsp3) is 1.00. The van der Waals surface area contributed by atoms with Crippen molar-refractivity contribution in [2.45, 2.75) is 26.7 Å². The summed E-state index contributed by atoms with van der Waals surface area (Å²) < 4.78 is 11.5. The number of hydrogen-bond acceptors (Lipinski definition) is 1. The van der Waals surface area contributed by atoms with Crippen molar-refractivity contribution in [1.29, 1.82) is 0 Å². The number of hydrogen-bond donors (Lipinski definition) is 3. The first-order chi connectivity index (χ1) is 6.12. The largest absolute Gasteiger partial charge is 0.338 e. The van der Waals surface area contributed by atoms with Crippen LogP contribution in [0.15, 0.2) is 0 Å². The van der Waals surface area contributed by atoms with E-state index in [0.29, 0.717) is 12.6 Å². The molecule has 0 aliphatic carbocycles. The fourth-order valence-corrected chi connectivity index (χ4v) is 2.39. The highest BCUT2D eigenvalue weighted by Gasteiger charge is 2.21. The summed E-state index contributed by atoms with van der Waals surface area (Å²) in [6, 6.07) is 0. The molecule has 5 N–H and O–H groups in total. The first kappa shape index (κ1) is 13.1. The molecule has 0 unspecified atom stereocenters. The lowest BCUT2D eigenvalue weighted by molar-refractivity contribution is -0.650. The first-order valence-electron chi connectivity index (χ1n) is 5.06. The Morgan fingerprint density at radius 2 is 1.46 bits per heavy atom. The minimum absolute atomic E-state index is 0.376. The molecule has 0 saturated heterocycles. The number of nitrogens with two attached hydrogens (primary N) is 2. The maximum Gasteiger partial charge on any atom is 0.305 e.